The number of benzene rings is 2. The lowest BCUT2D eigenvalue weighted by Gasteiger charge is -2.33. The van der Waals surface area contributed by atoms with E-state index < -0.39 is 6.04 Å². The number of carbonyl (C=O) groups is 3. The normalized spacial score (nSPS) is 15.0. The lowest BCUT2D eigenvalue weighted by molar-refractivity contribution is -0.128. The molecule has 1 heterocycles. The Morgan fingerprint density at radius 2 is 1.81 bits per heavy atom. The van der Waals surface area contributed by atoms with Crippen molar-refractivity contribution in [2.75, 3.05) is 18.4 Å². The van der Waals surface area contributed by atoms with Crippen LogP contribution in [0.3, 0.4) is 0 Å². The highest BCUT2D eigenvalue weighted by atomic mass is 35.5. The topological polar surface area (TPSA) is 90.5 Å². The number of hydrogen-bond acceptors (Lipinski definition) is 3. The van der Waals surface area contributed by atoms with Crippen LogP contribution < -0.4 is 16.0 Å². The molecule has 0 saturated carbocycles. The number of amides is 4. The third kappa shape index (κ3) is 6.72. The molecule has 32 heavy (non-hydrogen) atoms. The smallest absolute Gasteiger partial charge is 0.321 e. The summed E-state index contributed by atoms with van der Waals surface area (Å²) in [7, 11) is 0. The molecule has 1 saturated heterocycles. The minimum atomic E-state index is -0.641. The van der Waals surface area contributed by atoms with E-state index in [1.165, 1.54) is 6.92 Å². The molecular formula is C24H29ClN4O3. The number of anilines is 1. The first-order valence-electron chi connectivity index (χ1n) is 10.8. The average molecular weight is 457 g/mol. The molecule has 2 aromatic rings. The van der Waals surface area contributed by atoms with Crippen LogP contribution in [0.1, 0.15) is 30.9 Å². The number of urea groups is 1. The minimum Gasteiger partial charge on any atom is -0.351 e. The van der Waals surface area contributed by atoms with Crippen LogP contribution in [0.15, 0.2) is 48.5 Å². The van der Waals surface area contributed by atoms with Gasteiger partial charge in [0.15, 0.2) is 0 Å². The molecule has 1 aliphatic rings. The number of aryl methyl sites for hydroxylation is 1. The molecule has 0 aromatic heterocycles. The van der Waals surface area contributed by atoms with Crippen LogP contribution in [-0.2, 0) is 16.0 Å². The first-order chi connectivity index (χ1) is 15.3. The summed E-state index contributed by atoms with van der Waals surface area (Å²) in [5, 5.41) is 9.23. The van der Waals surface area contributed by atoms with Gasteiger partial charge in [0.1, 0.15) is 6.04 Å². The van der Waals surface area contributed by atoms with E-state index in [0.29, 0.717) is 43.1 Å². The number of nitrogens with one attached hydrogen (secondary N) is 3. The standard InChI is InChI=1S/C24H29ClN4O3/c1-16-6-3-4-7-18(16)14-22(26-17(2)30)23(31)27-20-10-12-29(13-11-20)24(32)28-21-9-5-8-19(25)15-21/h3-9,15,20,22H,10-14H2,1-2H3,(H,26,30)(H,27,31)(H,28,32)/t22-/m0/s1. The van der Waals surface area contributed by atoms with Gasteiger partial charge in [0.2, 0.25) is 11.8 Å². The Morgan fingerprint density at radius 3 is 2.47 bits per heavy atom. The van der Waals surface area contributed by atoms with Crippen LogP contribution in [-0.4, -0.2) is 47.9 Å². The van der Waals surface area contributed by atoms with Crippen molar-refractivity contribution in [3.05, 3.63) is 64.7 Å². The molecule has 1 aliphatic heterocycles. The van der Waals surface area contributed by atoms with Gasteiger partial charge < -0.3 is 20.9 Å². The van der Waals surface area contributed by atoms with Crippen molar-refractivity contribution in [2.24, 2.45) is 0 Å². The van der Waals surface area contributed by atoms with Crippen molar-refractivity contribution in [1.82, 2.24) is 15.5 Å². The number of likely N-dealkylation sites (tertiary alicyclic amines) is 1. The van der Waals surface area contributed by atoms with E-state index in [9.17, 15) is 14.4 Å². The van der Waals surface area contributed by atoms with E-state index in [1.54, 1.807) is 29.2 Å². The molecule has 7 nitrogen and oxygen atoms in total. The summed E-state index contributed by atoms with van der Waals surface area (Å²) in [6, 6.07) is 14.0. The molecule has 8 heteroatoms. The molecule has 1 fully saturated rings. The summed E-state index contributed by atoms with van der Waals surface area (Å²) in [6.45, 7) is 4.46. The maximum absolute atomic E-state index is 12.9. The predicted octanol–water partition coefficient (Wildman–Crippen LogP) is 3.51. The molecule has 3 N–H and O–H groups in total. The van der Waals surface area contributed by atoms with Crippen LogP contribution in [0.25, 0.3) is 0 Å². The average Bonchev–Trinajstić information content (AvgIpc) is 2.75. The van der Waals surface area contributed by atoms with Crippen molar-refractivity contribution in [3.8, 4) is 0 Å². The lowest BCUT2D eigenvalue weighted by atomic mass is 9.99. The van der Waals surface area contributed by atoms with E-state index in [4.69, 9.17) is 11.6 Å². The maximum Gasteiger partial charge on any atom is 0.321 e. The van der Waals surface area contributed by atoms with Crippen molar-refractivity contribution in [1.29, 1.82) is 0 Å². The molecule has 0 unspecified atom stereocenters. The van der Waals surface area contributed by atoms with Crippen LogP contribution in [0.5, 0.6) is 0 Å². The fraction of sp³-hybridized carbons (Fsp3) is 0.375. The Balaban J connectivity index is 1.53. The zero-order chi connectivity index (χ0) is 23.1. The fourth-order valence-electron chi connectivity index (χ4n) is 3.81. The van der Waals surface area contributed by atoms with Crippen LogP contribution >= 0.6 is 11.6 Å². The van der Waals surface area contributed by atoms with Gasteiger partial charge in [-0.15, -0.1) is 0 Å². The number of piperidine rings is 1. The van der Waals surface area contributed by atoms with Gasteiger partial charge in [0.05, 0.1) is 0 Å². The van der Waals surface area contributed by atoms with Gasteiger partial charge in [-0.05, 0) is 49.1 Å². The largest absolute Gasteiger partial charge is 0.351 e. The van der Waals surface area contributed by atoms with Crippen molar-refractivity contribution >= 4 is 35.1 Å². The molecule has 2 aromatic carbocycles. The Hall–Kier alpha value is -3.06. The second kappa shape index (κ2) is 11.0. The van der Waals surface area contributed by atoms with Crippen LogP contribution in [0, 0.1) is 6.92 Å². The summed E-state index contributed by atoms with van der Waals surface area (Å²) < 4.78 is 0. The van der Waals surface area contributed by atoms with E-state index in [1.807, 2.05) is 31.2 Å². The van der Waals surface area contributed by atoms with E-state index in [2.05, 4.69) is 16.0 Å². The second-order valence-corrected chi connectivity index (χ2v) is 8.53. The van der Waals surface area contributed by atoms with Gasteiger partial charge >= 0.3 is 6.03 Å². The van der Waals surface area contributed by atoms with Gasteiger partial charge in [-0.2, -0.15) is 0 Å². The lowest BCUT2D eigenvalue weighted by Crippen LogP contribution is -2.53. The number of carbonyl (C=O) groups excluding carboxylic acids is 3. The van der Waals surface area contributed by atoms with Gasteiger partial charge in [-0.1, -0.05) is 41.9 Å². The molecule has 4 amide bonds. The second-order valence-electron chi connectivity index (χ2n) is 8.09. The highest BCUT2D eigenvalue weighted by molar-refractivity contribution is 6.30. The highest BCUT2D eigenvalue weighted by Gasteiger charge is 2.27. The molecule has 170 valence electrons. The molecule has 0 aliphatic carbocycles. The van der Waals surface area contributed by atoms with Gasteiger partial charge in [-0.3, -0.25) is 9.59 Å². The number of hydrogen-bond donors (Lipinski definition) is 3. The van der Waals surface area contributed by atoms with E-state index >= 15 is 0 Å². The SMILES string of the molecule is CC(=O)N[C@@H](Cc1ccccc1C)C(=O)NC1CCN(C(=O)Nc2cccc(Cl)c2)CC1. The van der Waals surface area contributed by atoms with Crippen molar-refractivity contribution in [2.45, 2.75) is 45.2 Å². The molecule has 1 atom stereocenters. The van der Waals surface area contributed by atoms with Gasteiger partial charge in [0.25, 0.3) is 0 Å². The number of rotatable bonds is 6. The molecule has 0 radical (unpaired) electrons. The zero-order valence-electron chi connectivity index (χ0n) is 18.4. The molecule has 3 rings (SSSR count). The highest BCUT2D eigenvalue weighted by Crippen LogP contribution is 2.17. The maximum atomic E-state index is 12.9. The Labute approximate surface area is 193 Å². The van der Waals surface area contributed by atoms with Crippen molar-refractivity contribution in [3.63, 3.8) is 0 Å². The van der Waals surface area contributed by atoms with Crippen molar-refractivity contribution < 1.29 is 14.4 Å². The summed E-state index contributed by atoms with van der Waals surface area (Å²) >= 11 is 5.97. The first kappa shape index (κ1) is 23.6. The van der Waals surface area contributed by atoms with Crippen LogP contribution in [0.4, 0.5) is 10.5 Å². The minimum absolute atomic E-state index is 0.0501. The van der Waals surface area contributed by atoms with Gasteiger partial charge in [0, 0.05) is 43.2 Å². The fourth-order valence-corrected chi connectivity index (χ4v) is 4.00. The summed E-state index contributed by atoms with van der Waals surface area (Å²) in [5.74, 6) is -0.448. The Bertz CT molecular complexity index is 973. The molecule has 0 bridgehead atoms. The Morgan fingerprint density at radius 1 is 1.09 bits per heavy atom. The van der Waals surface area contributed by atoms with Crippen LogP contribution in [0.2, 0.25) is 5.02 Å². The molecular weight excluding hydrogens is 428 g/mol. The monoisotopic (exact) mass is 456 g/mol. The number of halogens is 1. The third-order valence-electron chi connectivity index (χ3n) is 5.58. The van der Waals surface area contributed by atoms with Gasteiger partial charge in [-0.25, -0.2) is 4.79 Å². The summed E-state index contributed by atoms with van der Waals surface area (Å²) in [6.07, 6.45) is 1.72. The van der Waals surface area contributed by atoms with E-state index in [0.717, 1.165) is 11.1 Å². The summed E-state index contributed by atoms with van der Waals surface area (Å²) in [4.78, 5) is 38.8. The first-order valence-corrected chi connectivity index (χ1v) is 11.1. The van der Waals surface area contributed by atoms with E-state index in [-0.39, 0.29) is 23.9 Å². The Kier molecular flexibility index (Phi) is 8.11. The number of nitrogens with zero attached hydrogens (tertiary/aromatic N) is 1. The quantitative estimate of drug-likeness (QED) is 0.621. The zero-order valence-corrected chi connectivity index (χ0v) is 19.1. The third-order valence-corrected chi connectivity index (χ3v) is 5.82. The molecule has 0 spiro atoms. The predicted molar refractivity (Wildman–Crippen MR) is 126 cm³/mol. The summed E-state index contributed by atoms with van der Waals surface area (Å²) in [5.41, 5.74) is 2.75.